The highest BCUT2D eigenvalue weighted by molar-refractivity contribution is 5.93. The van der Waals surface area contributed by atoms with E-state index in [1.807, 2.05) is 12.1 Å². The van der Waals surface area contributed by atoms with E-state index in [9.17, 15) is 0 Å². The molecule has 0 aliphatic carbocycles. The van der Waals surface area contributed by atoms with E-state index in [1.165, 1.54) is 5.56 Å². The number of hydrogen-bond acceptors (Lipinski definition) is 5. The Hall–Kier alpha value is -2.82. The smallest absolute Gasteiger partial charge is 0.162 e. The molecular weight excluding hydrogens is 302 g/mol. The summed E-state index contributed by atoms with van der Waals surface area (Å²) in [7, 11) is 3.23. The normalized spacial score (nSPS) is 10.9. The Labute approximate surface area is 141 Å². The molecule has 0 atom stereocenters. The van der Waals surface area contributed by atoms with E-state index in [-0.39, 0.29) is 0 Å². The summed E-state index contributed by atoms with van der Waals surface area (Å²) < 4.78 is 10.7. The fourth-order valence-electron chi connectivity index (χ4n) is 2.57. The summed E-state index contributed by atoms with van der Waals surface area (Å²) in [6, 6.07) is 12.1. The molecule has 0 saturated carbocycles. The molecule has 1 N–H and O–H groups in total. The van der Waals surface area contributed by atoms with E-state index < -0.39 is 0 Å². The molecule has 0 radical (unpaired) electrons. The summed E-state index contributed by atoms with van der Waals surface area (Å²) in [5.41, 5.74) is 3.08. The third kappa shape index (κ3) is 3.11. The number of aromatic nitrogens is 2. The zero-order valence-electron chi connectivity index (χ0n) is 14.3. The first-order valence-electron chi connectivity index (χ1n) is 7.86. The number of ether oxygens (including phenoxy) is 2. The molecule has 124 valence electrons. The lowest BCUT2D eigenvalue weighted by molar-refractivity contribution is 0.356. The van der Waals surface area contributed by atoms with Gasteiger partial charge in [-0.25, -0.2) is 9.97 Å². The first kappa shape index (κ1) is 16.1. The zero-order chi connectivity index (χ0) is 17.1. The van der Waals surface area contributed by atoms with Gasteiger partial charge in [0.05, 0.1) is 19.7 Å². The monoisotopic (exact) mass is 323 g/mol. The van der Waals surface area contributed by atoms with Crippen molar-refractivity contribution in [2.45, 2.75) is 19.8 Å². The Kier molecular flexibility index (Phi) is 4.51. The molecule has 1 aromatic heterocycles. The third-order valence-corrected chi connectivity index (χ3v) is 3.98. The third-order valence-electron chi connectivity index (χ3n) is 3.98. The maximum Gasteiger partial charge on any atom is 0.162 e. The van der Waals surface area contributed by atoms with Crippen molar-refractivity contribution < 1.29 is 9.47 Å². The average molecular weight is 323 g/mol. The summed E-state index contributed by atoms with van der Waals surface area (Å²) in [6.45, 7) is 4.36. The summed E-state index contributed by atoms with van der Waals surface area (Å²) in [5.74, 6) is 2.54. The predicted molar refractivity (Wildman–Crippen MR) is 96.5 cm³/mol. The lowest BCUT2D eigenvalue weighted by Crippen LogP contribution is -1.98. The van der Waals surface area contributed by atoms with Crippen LogP contribution in [0.1, 0.15) is 25.3 Å². The summed E-state index contributed by atoms with van der Waals surface area (Å²) in [6.07, 6.45) is 1.54. The lowest BCUT2D eigenvalue weighted by Gasteiger charge is -2.12. The fraction of sp³-hybridized carbons (Fsp3) is 0.263. The molecule has 0 saturated heterocycles. The molecule has 24 heavy (non-hydrogen) atoms. The highest BCUT2D eigenvalue weighted by atomic mass is 16.5. The van der Waals surface area contributed by atoms with Gasteiger partial charge in [-0.3, -0.25) is 0 Å². The molecule has 3 aromatic rings. The van der Waals surface area contributed by atoms with Crippen LogP contribution in [0.4, 0.5) is 11.5 Å². The topological polar surface area (TPSA) is 56.3 Å². The van der Waals surface area contributed by atoms with Crippen molar-refractivity contribution >= 4 is 22.4 Å². The van der Waals surface area contributed by atoms with Gasteiger partial charge in [0.1, 0.15) is 12.1 Å². The van der Waals surface area contributed by atoms with Gasteiger partial charge < -0.3 is 14.8 Å². The molecule has 0 aliphatic rings. The van der Waals surface area contributed by atoms with E-state index in [0.717, 1.165) is 22.4 Å². The van der Waals surface area contributed by atoms with Crippen LogP contribution in [0.3, 0.4) is 0 Å². The van der Waals surface area contributed by atoms with Gasteiger partial charge in [-0.2, -0.15) is 0 Å². The van der Waals surface area contributed by atoms with Gasteiger partial charge in [0.25, 0.3) is 0 Å². The molecule has 5 heteroatoms. The van der Waals surface area contributed by atoms with Crippen LogP contribution in [0.15, 0.2) is 42.7 Å². The molecule has 5 nitrogen and oxygen atoms in total. The SMILES string of the molecule is COc1cc2ncnc(Nc3ccc(C(C)C)cc3)c2cc1OC. The standard InChI is InChI=1S/C19H21N3O2/c1-12(2)13-5-7-14(8-6-13)22-19-15-9-17(23-3)18(24-4)10-16(15)20-11-21-19/h5-12H,1-4H3,(H,20,21,22). The maximum absolute atomic E-state index is 5.38. The predicted octanol–water partition coefficient (Wildman–Crippen LogP) is 4.51. The van der Waals surface area contributed by atoms with Crippen molar-refractivity contribution in [3.63, 3.8) is 0 Å². The molecule has 0 amide bonds. The number of nitrogens with one attached hydrogen (secondary N) is 1. The largest absolute Gasteiger partial charge is 0.493 e. The highest BCUT2D eigenvalue weighted by Gasteiger charge is 2.11. The molecule has 0 spiro atoms. The molecule has 0 unspecified atom stereocenters. The van der Waals surface area contributed by atoms with Crippen molar-refractivity contribution in [1.82, 2.24) is 9.97 Å². The number of nitrogens with zero attached hydrogens (tertiary/aromatic N) is 2. The number of hydrogen-bond donors (Lipinski definition) is 1. The summed E-state index contributed by atoms with van der Waals surface area (Å²) in [4.78, 5) is 8.69. The van der Waals surface area contributed by atoms with Gasteiger partial charge in [-0.15, -0.1) is 0 Å². The van der Waals surface area contributed by atoms with Crippen molar-refractivity contribution in [3.8, 4) is 11.5 Å². The van der Waals surface area contributed by atoms with Crippen LogP contribution in [-0.2, 0) is 0 Å². The average Bonchev–Trinajstić information content (AvgIpc) is 2.61. The van der Waals surface area contributed by atoms with Crippen molar-refractivity contribution in [3.05, 3.63) is 48.3 Å². The van der Waals surface area contributed by atoms with Crippen molar-refractivity contribution in [2.75, 3.05) is 19.5 Å². The first-order valence-corrected chi connectivity index (χ1v) is 7.86. The Balaban J connectivity index is 1.99. The van der Waals surface area contributed by atoms with E-state index in [0.29, 0.717) is 17.4 Å². The molecule has 0 bridgehead atoms. The molecule has 3 rings (SSSR count). The van der Waals surface area contributed by atoms with Crippen molar-refractivity contribution in [1.29, 1.82) is 0 Å². The van der Waals surface area contributed by atoms with Gasteiger partial charge in [-0.05, 0) is 29.7 Å². The maximum atomic E-state index is 5.38. The van der Waals surface area contributed by atoms with Gasteiger partial charge in [0.2, 0.25) is 0 Å². The minimum absolute atomic E-state index is 0.510. The molecule has 1 heterocycles. The van der Waals surface area contributed by atoms with Crippen LogP contribution >= 0.6 is 0 Å². The van der Waals surface area contributed by atoms with Crippen LogP contribution in [-0.4, -0.2) is 24.2 Å². The molecule has 0 aliphatic heterocycles. The summed E-state index contributed by atoms with van der Waals surface area (Å²) in [5, 5.41) is 4.23. The number of benzene rings is 2. The number of fused-ring (bicyclic) bond motifs is 1. The Bertz CT molecular complexity index is 845. The van der Waals surface area contributed by atoms with Crippen LogP contribution in [0.5, 0.6) is 11.5 Å². The van der Waals surface area contributed by atoms with Gasteiger partial charge >= 0.3 is 0 Å². The minimum atomic E-state index is 0.510. The molecule has 0 fully saturated rings. The van der Waals surface area contributed by atoms with E-state index in [1.54, 1.807) is 20.5 Å². The van der Waals surface area contributed by atoms with E-state index in [2.05, 4.69) is 53.4 Å². The molecular formula is C19H21N3O2. The molecule has 2 aromatic carbocycles. The quantitative estimate of drug-likeness (QED) is 0.748. The highest BCUT2D eigenvalue weighted by Crippen LogP contribution is 2.34. The summed E-state index contributed by atoms with van der Waals surface area (Å²) >= 11 is 0. The van der Waals surface area contributed by atoms with Gasteiger partial charge in [0, 0.05) is 17.1 Å². The van der Waals surface area contributed by atoms with E-state index >= 15 is 0 Å². The van der Waals surface area contributed by atoms with Crippen LogP contribution in [0, 0.1) is 0 Å². The first-order chi connectivity index (χ1) is 11.6. The second-order valence-electron chi connectivity index (χ2n) is 5.85. The van der Waals surface area contributed by atoms with Crippen LogP contribution in [0.25, 0.3) is 10.9 Å². The fourth-order valence-corrected chi connectivity index (χ4v) is 2.57. The number of methoxy groups -OCH3 is 2. The number of rotatable bonds is 5. The zero-order valence-corrected chi connectivity index (χ0v) is 14.3. The Morgan fingerprint density at radius 3 is 2.21 bits per heavy atom. The number of anilines is 2. The van der Waals surface area contributed by atoms with Gasteiger partial charge in [-0.1, -0.05) is 26.0 Å². The van der Waals surface area contributed by atoms with Crippen LogP contribution < -0.4 is 14.8 Å². The van der Waals surface area contributed by atoms with Crippen molar-refractivity contribution in [2.24, 2.45) is 0 Å². The minimum Gasteiger partial charge on any atom is -0.493 e. The Morgan fingerprint density at radius 2 is 1.58 bits per heavy atom. The van der Waals surface area contributed by atoms with Crippen LogP contribution in [0.2, 0.25) is 0 Å². The second-order valence-corrected chi connectivity index (χ2v) is 5.85. The second kappa shape index (κ2) is 6.74. The Morgan fingerprint density at radius 1 is 0.917 bits per heavy atom. The van der Waals surface area contributed by atoms with Gasteiger partial charge in [0.15, 0.2) is 11.5 Å². The van der Waals surface area contributed by atoms with E-state index in [4.69, 9.17) is 9.47 Å². The lowest BCUT2D eigenvalue weighted by atomic mass is 10.0.